The summed E-state index contributed by atoms with van der Waals surface area (Å²) in [7, 11) is -2.93. The van der Waals surface area contributed by atoms with Gasteiger partial charge in [-0.1, -0.05) is 19.3 Å². The summed E-state index contributed by atoms with van der Waals surface area (Å²) < 4.78 is 27.4. The fraction of sp³-hybridized carbons (Fsp3) is 1.00. The molecule has 0 amide bonds. The maximum atomic E-state index is 10.9. The number of sulfone groups is 1. The minimum Gasteiger partial charge on any atom is -0.389 e. The molecule has 108 valence electrons. The van der Waals surface area contributed by atoms with E-state index < -0.39 is 15.9 Å². The highest BCUT2D eigenvalue weighted by molar-refractivity contribution is 7.90. The first kappa shape index (κ1) is 15.9. The van der Waals surface area contributed by atoms with Gasteiger partial charge in [0, 0.05) is 19.3 Å². The Morgan fingerprint density at radius 3 is 2.61 bits per heavy atom. The fourth-order valence-electron chi connectivity index (χ4n) is 2.06. The molecule has 1 aliphatic carbocycles. The van der Waals surface area contributed by atoms with Crippen LogP contribution in [0.3, 0.4) is 0 Å². The summed E-state index contributed by atoms with van der Waals surface area (Å²) >= 11 is 0. The molecule has 2 N–H and O–H groups in total. The number of aliphatic hydroxyl groups is 1. The molecular formula is C12H25NO4S. The van der Waals surface area contributed by atoms with Gasteiger partial charge in [0.2, 0.25) is 0 Å². The number of nitrogens with one attached hydrogen (secondary N) is 1. The predicted octanol–water partition coefficient (Wildman–Crippen LogP) is 0.331. The predicted molar refractivity (Wildman–Crippen MR) is 71.4 cm³/mol. The van der Waals surface area contributed by atoms with Crippen LogP contribution >= 0.6 is 0 Å². The summed E-state index contributed by atoms with van der Waals surface area (Å²) in [6, 6.07) is 0. The van der Waals surface area contributed by atoms with Crippen LogP contribution in [0, 0.1) is 0 Å². The molecule has 0 radical (unpaired) electrons. The van der Waals surface area contributed by atoms with Crippen molar-refractivity contribution in [2.45, 2.75) is 44.3 Å². The van der Waals surface area contributed by atoms with Gasteiger partial charge >= 0.3 is 0 Å². The van der Waals surface area contributed by atoms with Gasteiger partial charge in [0.05, 0.1) is 24.6 Å². The highest BCUT2D eigenvalue weighted by atomic mass is 32.2. The Morgan fingerprint density at radius 1 is 1.33 bits per heavy atom. The van der Waals surface area contributed by atoms with E-state index in [2.05, 4.69) is 5.32 Å². The molecule has 5 nitrogen and oxygen atoms in total. The Labute approximate surface area is 110 Å². The number of ether oxygens (including phenoxy) is 1. The van der Waals surface area contributed by atoms with E-state index in [1.165, 1.54) is 25.5 Å². The minimum absolute atomic E-state index is 0.100. The first-order chi connectivity index (χ1) is 8.47. The average Bonchev–Trinajstić information content (AvgIpc) is 2.32. The van der Waals surface area contributed by atoms with E-state index in [0.717, 1.165) is 12.8 Å². The summed E-state index contributed by atoms with van der Waals surface area (Å²) in [5.74, 6) is 0.100. The largest absolute Gasteiger partial charge is 0.389 e. The Balaban J connectivity index is 2.01. The number of hydrogen-bond donors (Lipinski definition) is 2. The average molecular weight is 279 g/mol. The van der Waals surface area contributed by atoms with E-state index in [4.69, 9.17) is 4.74 Å². The van der Waals surface area contributed by atoms with Crippen molar-refractivity contribution in [2.75, 3.05) is 31.7 Å². The summed E-state index contributed by atoms with van der Waals surface area (Å²) in [4.78, 5) is 0. The lowest BCUT2D eigenvalue weighted by Crippen LogP contribution is -2.34. The zero-order chi connectivity index (χ0) is 13.4. The van der Waals surface area contributed by atoms with E-state index in [9.17, 15) is 13.5 Å². The van der Waals surface area contributed by atoms with Gasteiger partial charge in [-0.25, -0.2) is 8.42 Å². The van der Waals surface area contributed by atoms with Gasteiger partial charge in [-0.05, 0) is 12.8 Å². The molecule has 1 rings (SSSR count). The lowest BCUT2D eigenvalue weighted by atomic mass is 9.98. The van der Waals surface area contributed by atoms with Crippen molar-refractivity contribution in [2.24, 2.45) is 0 Å². The molecule has 1 saturated carbocycles. The first-order valence-corrected chi connectivity index (χ1v) is 8.71. The fourth-order valence-corrected chi connectivity index (χ4v) is 2.58. The normalized spacial score (nSPS) is 19.9. The van der Waals surface area contributed by atoms with E-state index in [-0.39, 0.29) is 5.75 Å². The van der Waals surface area contributed by atoms with Crippen LogP contribution in [0.4, 0.5) is 0 Å². The molecule has 0 aromatic heterocycles. The van der Waals surface area contributed by atoms with Crippen LogP contribution in [0.15, 0.2) is 0 Å². The van der Waals surface area contributed by atoms with E-state index in [1.54, 1.807) is 0 Å². The molecule has 0 heterocycles. The standard InChI is InChI=1S/C12H25NO4S/c1-18(15,16)8-7-13-9-11(14)10-17-12-5-3-2-4-6-12/h11-14H,2-10H2,1H3. The molecule has 0 bridgehead atoms. The lowest BCUT2D eigenvalue weighted by molar-refractivity contribution is -0.0228. The zero-order valence-corrected chi connectivity index (χ0v) is 11.9. The Kier molecular flexibility index (Phi) is 7.14. The Morgan fingerprint density at radius 2 is 2.00 bits per heavy atom. The van der Waals surface area contributed by atoms with Gasteiger partial charge in [0.1, 0.15) is 9.84 Å². The second-order valence-corrected chi connectivity index (χ2v) is 7.34. The van der Waals surface area contributed by atoms with Crippen molar-refractivity contribution < 1.29 is 18.3 Å². The molecule has 6 heteroatoms. The van der Waals surface area contributed by atoms with E-state index in [0.29, 0.717) is 25.8 Å². The van der Waals surface area contributed by atoms with Gasteiger partial charge in [0.25, 0.3) is 0 Å². The van der Waals surface area contributed by atoms with Crippen LogP contribution in [-0.2, 0) is 14.6 Å². The van der Waals surface area contributed by atoms with Crippen molar-refractivity contribution in [1.82, 2.24) is 5.32 Å². The van der Waals surface area contributed by atoms with Crippen molar-refractivity contribution in [3.63, 3.8) is 0 Å². The molecule has 0 saturated heterocycles. The zero-order valence-electron chi connectivity index (χ0n) is 11.1. The topological polar surface area (TPSA) is 75.6 Å². The Bertz CT molecular complexity index is 312. The van der Waals surface area contributed by atoms with Crippen LogP contribution in [0.2, 0.25) is 0 Å². The molecule has 0 aromatic rings. The third kappa shape index (κ3) is 8.02. The molecule has 0 aliphatic heterocycles. The van der Waals surface area contributed by atoms with Gasteiger partial charge < -0.3 is 15.2 Å². The second-order valence-electron chi connectivity index (χ2n) is 5.08. The molecular weight excluding hydrogens is 254 g/mol. The minimum atomic E-state index is -2.93. The SMILES string of the molecule is CS(=O)(=O)CCNCC(O)COC1CCCCC1. The number of aliphatic hydroxyl groups excluding tert-OH is 1. The maximum absolute atomic E-state index is 10.9. The summed E-state index contributed by atoms with van der Waals surface area (Å²) in [5, 5.41) is 12.6. The molecule has 1 atom stereocenters. The monoisotopic (exact) mass is 279 g/mol. The summed E-state index contributed by atoms with van der Waals surface area (Å²) in [6.45, 7) is 1.08. The van der Waals surface area contributed by atoms with Crippen LogP contribution in [0.5, 0.6) is 0 Å². The van der Waals surface area contributed by atoms with Gasteiger partial charge in [-0.15, -0.1) is 0 Å². The molecule has 0 aromatic carbocycles. The van der Waals surface area contributed by atoms with Crippen LogP contribution in [-0.4, -0.2) is 57.4 Å². The molecule has 1 fully saturated rings. The van der Waals surface area contributed by atoms with Gasteiger partial charge in [0.15, 0.2) is 0 Å². The highest BCUT2D eigenvalue weighted by Gasteiger charge is 2.15. The van der Waals surface area contributed by atoms with E-state index in [1.807, 2.05) is 0 Å². The highest BCUT2D eigenvalue weighted by Crippen LogP contribution is 2.20. The second kappa shape index (κ2) is 8.09. The van der Waals surface area contributed by atoms with Crippen LogP contribution in [0.25, 0.3) is 0 Å². The quantitative estimate of drug-likeness (QED) is 0.626. The van der Waals surface area contributed by atoms with Crippen molar-refractivity contribution in [3.05, 3.63) is 0 Å². The third-order valence-corrected chi connectivity index (χ3v) is 4.05. The number of hydrogen-bond acceptors (Lipinski definition) is 5. The van der Waals surface area contributed by atoms with Crippen LogP contribution in [0.1, 0.15) is 32.1 Å². The molecule has 18 heavy (non-hydrogen) atoms. The molecule has 0 spiro atoms. The van der Waals surface area contributed by atoms with Crippen molar-refractivity contribution in [3.8, 4) is 0 Å². The lowest BCUT2D eigenvalue weighted by Gasteiger charge is -2.23. The number of rotatable bonds is 8. The Hall–Kier alpha value is -0.170. The first-order valence-electron chi connectivity index (χ1n) is 6.65. The van der Waals surface area contributed by atoms with Crippen molar-refractivity contribution >= 4 is 9.84 Å². The van der Waals surface area contributed by atoms with Gasteiger partial charge in [-0.3, -0.25) is 0 Å². The third-order valence-electron chi connectivity index (χ3n) is 3.11. The maximum Gasteiger partial charge on any atom is 0.148 e. The van der Waals surface area contributed by atoms with Crippen molar-refractivity contribution in [1.29, 1.82) is 0 Å². The smallest absolute Gasteiger partial charge is 0.148 e. The molecule has 1 aliphatic rings. The van der Waals surface area contributed by atoms with E-state index >= 15 is 0 Å². The van der Waals surface area contributed by atoms with Gasteiger partial charge in [-0.2, -0.15) is 0 Å². The molecule has 1 unspecified atom stereocenters. The summed E-state index contributed by atoms with van der Waals surface area (Å²) in [6.07, 6.45) is 6.84. The summed E-state index contributed by atoms with van der Waals surface area (Å²) in [5.41, 5.74) is 0. The van der Waals surface area contributed by atoms with Crippen LogP contribution < -0.4 is 5.32 Å².